The van der Waals surface area contributed by atoms with Gasteiger partial charge in [-0.15, -0.1) is 0 Å². The molecule has 0 unspecified atom stereocenters. The summed E-state index contributed by atoms with van der Waals surface area (Å²) in [6.07, 6.45) is 1.55. The summed E-state index contributed by atoms with van der Waals surface area (Å²) in [6, 6.07) is 2.43. The number of benzene rings is 1. The lowest BCUT2D eigenvalue weighted by molar-refractivity contribution is 0.453. The van der Waals surface area contributed by atoms with Crippen LogP contribution in [0, 0.1) is 17.5 Å². The number of hydrogen-bond acceptors (Lipinski definition) is 2. The molecule has 0 bridgehead atoms. The Kier molecular flexibility index (Phi) is 3.41. The second kappa shape index (κ2) is 4.84. The summed E-state index contributed by atoms with van der Waals surface area (Å²) >= 11 is 0. The van der Waals surface area contributed by atoms with Gasteiger partial charge in [0.25, 0.3) is 0 Å². The highest BCUT2D eigenvalue weighted by Gasteiger charge is 2.16. The Bertz CT molecular complexity index is 597. The first kappa shape index (κ1) is 12.7. The molecule has 0 atom stereocenters. The largest absolute Gasteiger partial charge is 0.373 e. The number of aromatic nitrogens is 1. The normalized spacial score (nSPS) is 10.9. The molecule has 1 N–H and O–H groups in total. The van der Waals surface area contributed by atoms with E-state index in [1.807, 2.05) is 6.92 Å². The van der Waals surface area contributed by atoms with Crippen LogP contribution in [0.5, 0.6) is 0 Å². The van der Waals surface area contributed by atoms with Crippen LogP contribution in [0.3, 0.4) is 0 Å². The number of nitrogens with zero attached hydrogens (tertiary/aromatic N) is 1. The molecule has 0 aliphatic rings. The van der Waals surface area contributed by atoms with E-state index in [9.17, 15) is 13.2 Å². The van der Waals surface area contributed by atoms with Crippen LogP contribution in [-0.4, -0.2) is 12.0 Å². The van der Waals surface area contributed by atoms with Crippen molar-refractivity contribution in [3.63, 3.8) is 0 Å². The Morgan fingerprint density at radius 3 is 2.50 bits per heavy atom. The maximum absolute atomic E-state index is 13.6. The van der Waals surface area contributed by atoms with Gasteiger partial charge in [0.05, 0.1) is 5.52 Å². The van der Waals surface area contributed by atoms with Crippen molar-refractivity contribution >= 4 is 16.7 Å². The summed E-state index contributed by atoms with van der Waals surface area (Å²) in [7, 11) is 1.68. The second-order valence-corrected chi connectivity index (χ2v) is 4.05. The number of nitrogens with one attached hydrogen (secondary N) is 1. The molecule has 18 heavy (non-hydrogen) atoms. The molecular weight excluding hydrogens is 241 g/mol. The van der Waals surface area contributed by atoms with Crippen molar-refractivity contribution in [3.8, 4) is 0 Å². The van der Waals surface area contributed by atoms with Crippen LogP contribution in [0.2, 0.25) is 0 Å². The molecule has 1 heterocycles. The molecule has 0 aliphatic heterocycles. The first-order valence-electron chi connectivity index (χ1n) is 5.73. The lowest BCUT2D eigenvalue weighted by Crippen LogP contribution is -2.02. The average molecular weight is 254 g/mol. The van der Waals surface area contributed by atoms with Crippen molar-refractivity contribution < 1.29 is 13.2 Å². The van der Waals surface area contributed by atoms with Gasteiger partial charge in [-0.25, -0.2) is 18.2 Å². The van der Waals surface area contributed by atoms with E-state index in [2.05, 4.69) is 10.3 Å². The van der Waals surface area contributed by atoms with Crippen LogP contribution in [-0.2, 0) is 6.42 Å². The summed E-state index contributed by atoms with van der Waals surface area (Å²) in [5, 5.41) is 2.89. The summed E-state index contributed by atoms with van der Waals surface area (Å²) in [4.78, 5) is 4.12. The van der Waals surface area contributed by atoms with Gasteiger partial charge in [0.1, 0.15) is 5.82 Å². The van der Waals surface area contributed by atoms with Crippen LogP contribution in [0.4, 0.5) is 19.0 Å². The van der Waals surface area contributed by atoms with Crippen LogP contribution in [0.25, 0.3) is 10.9 Å². The minimum Gasteiger partial charge on any atom is -0.373 e. The molecule has 2 aromatic rings. The molecule has 96 valence electrons. The topological polar surface area (TPSA) is 24.9 Å². The van der Waals surface area contributed by atoms with Gasteiger partial charge in [0.15, 0.2) is 17.5 Å². The quantitative estimate of drug-likeness (QED) is 0.846. The lowest BCUT2D eigenvalue weighted by Gasteiger charge is -2.10. The Morgan fingerprint density at radius 2 is 1.89 bits per heavy atom. The van der Waals surface area contributed by atoms with Crippen LogP contribution in [0.1, 0.15) is 18.9 Å². The molecule has 1 aromatic carbocycles. The zero-order valence-electron chi connectivity index (χ0n) is 10.2. The summed E-state index contributed by atoms with van der Waals surface area (Å²) < 4.78 is 39.9. The van der Waals surface area contributed by atoms with Crippen molar-refractivity contribution in [2.75, 3.05) is 12.4 Å². The summed E-state index contributed by atoms with van der Waals surface area (Å²) in [5.41, 5.74) is 0.896. The molecule has 0 aliphatic carbocycles. The number of aryl methyl sites for hydroxylation is 1. The third-order valence-electron chi connectivity index (χ3n) is 2.79. The fourth-order valence-corrected chi connectivity index (χ4v) is 1.94. The Hall–Kier alpha value is -1.78. The fraction of sp³-hybridized carbons (Fsp3) is 0.308. The molecule has 1 aromatic heterocycles. The number of fused-ring (bicyclic) bond motifs is 1. The number of hydrogen-bond donors (Lipinski definition) is 1. The molecule has 2 rings (SSSR count). The smallest absolute Gasteiger partial charge is 0.195 e. The molecule has 2 nitrogen and oxygen atoms in total. The van der Waals surface area contributed by atoms with E-state index >= 15 is 0 Å². The van der Waals surface area contributed by atoms with Crippen molar-refractivity contribution in [2.45, 2.75) is 19.8 Å². The third-order valence-corrected chi connectivity index (χ3v) is 2.79. The monoisotopic (exact) mass is 254 g/mol. The molecule has 0 saturated heterocycles. The molecule has 0 fully saturated rings. The van der Waals surface area contributed by atoms with Crippen molar-refractivity contribution in [3.05, 3.63) is 35.1 Å². The predicted octanol–water partition coefficient (Wildman–Crippen LogP) is 3.65. The van der Waals surface area contributed by atoms with Crippen molar-refractivity contribution in [1.82, 2.24) is 4.98 Å². The molecular formula is C13H13F3N2. The maximum atomic E-state index is 13.6. The molecule has 0 radical (unpaired) electrons. The first-order chi connectivity index (χ1) is 8.58. The predicted molar refractivity (Wildman–Crippen MR) is 65.2 cm³/mol. The number of anilines is 1. The fourth-order valence-electron chi connectivity index (χ4n) is 1.94. The highest BCUT2D eigenvalue weighted by atomic mass is 19.2. The standard InChI is InChI=1S/C13H13F3N2/c1-3-4-7-5-8-10(18-13(7)17-2)6-9(14)12(16)11(8)15/h5-6H,3-4H2,1-2H3,(H,17,18). The number of halogens is 3. The van der Waals surface area contributed by atoms with E-state index < -0.39 is 17.5 Å². The highest BCUT2D eigenvalue weighted by molar-refractivity contribution is 5.82. The minimum absolute atomic E-state index is 0.0105. The van der Waals surface area contributed by atoms with Gasteiger partial charge in [-0.05, 0) is 18.1 Å². The average Bonchev–Trinajstić information content (AvgIpc) is 2.37. The van der Waals surface area contributed by atoms with Crippen molar-refractivity contribution in [2.24, 2.45) is 0 Å². The molecule has 5 heteroatoms. The third kappa shape index (κ3) is 2.00. The van der Waals surface area contributed by atoms with Gasteiger partial charge in [0, 0.05) is 18.5 Å². The molecule has 0 amide bonds. The van der Waals surface area contributed by atoms with Gasteiger partial charge in [0.2, 0.25) is 0 Å². The van der Waals surface area contributed by atoms with Gasteiger partial charge in [-0.2, -0.15) is 0 Å². The Morgan fingerprint density at radius 1 is 1.17 bits per heavy atom. The van der Waals surface area contributed by atoms with Crippen LogP contribution >= 0.6 is 0 Å². The minimum atomic E-state index is -1.45. The van der Waals surface area contributed by atoms with Crippen LogP contribution in [0.15, 0.2) is 12.1 Å². The zero-order chi connectivity index (χ0) is 13.3. The number of rotatable bonds is 3. The van der Waals surface area contributed by atoms with E-state index in [0.717, 1.165) is 18.1 Å². The highest BCUT2D eigenvalue weighted by Crippen LogP contribution is 2.26. The summed E-state index contributed by atoms with van der Waals surface area (Å²) in [6.45, 7) is 1.98. The van der Waals surface area contributed by atoms with Crippen LogP contribution < -0.4 is 5.32 Å². The van der Waals surface area contributed by atoms with Gasteiger partial charge >= 0.3 is 0 Å². The molecule has 0 spiro atoms. The van der Waals surface area contributed by atoms with Crippen molar-refractivity contribution in [1.29, 1.82) is 0 Å². The Balaban J connectivity index is 2.75. The van der Waals surface area contributed by atoms with Gasteiger partial charge in [-0.3, -0.25) is 0 Å². The summed E-state index contributed by atoms with van der Waals surface area (Å²) in [5.74, 6) is -3.30. The number of pyridine rings is 1. The molecule has 0 saturated carbocycles. The SMILES string of the molecule is CCCc1cc2c(F)c(F)c(F)cc2nc1NC. The first-order valence-corrected chi connectivity index (χ1v) is 5.73. The van der Waals surface area contributed by atoms with E-state index in [4.69, 9.17) is 0 Å². The second-order valence-electron chi connectivity index (χ2n) is 4.05. The van der Waals surface area contributed by atoms with E-state index in [-0.39, 0.29) is 10.9 Å². The zero-order valence-corrected chi connectivity index (χ0v) is 10.2. The Labute approximate surface area is 103 Å². The van der Waals surface area contributed by atoms with E-state index in [1.54, 1.807) is 7.05 Å². The van der Waals surface area contributed by atoms with Gasteiger partial charge < -0.3 is 5.32 Å². The lowest BCUT2D eigenvalue weighted by atomic mass is 10.1. The maximum Gasteiger partial charge on any atom is 0.195 e. The van der Waals surface area contributed by atoms with E-state index in [1.165, 1.54) is 6.07 Å². The van der Waals surface area contributed by atoms with E-state index in [0.29, 0.717) is 12.2 Å². The van der Waals surface area contributed by atoms with Gasteiger partial charge in [-0.1, -0.05) is 13.3 Å².